The van der Waals surface area contributed by atoms with E-state index in [-0.39, 0.29) is 11.0 Å². The zero-order valence-corrected chi connectivity index (χ0v) is 4.37. The molecule has 0 rings (SSSR count). The van der Waals surface area contributed by atoms with Crippen LogP contribution >= 0.6 is 0 Å². The molecule has 0 aliphatic heterocycles. The summed E-state index contributed by atoms with van der Waals surface area (Å²) in [6.07, 6.45) is 0. The van der Waals surface area contributed by atoms with Gasteiger partial charge in [0.2, 0.25) is 0 Å². The molecule has 4 heteroatoms. The van der Waals surface area contributed by atoms with Gasteiger partial charge in [0, 0.05) is 0 Å². The zero-order valence-electron chi connectivity index (χ0n) is 1.91. The van der Waals surface area contributed by atoms with Crippen LogP contribution in [0.5, 0.6) is 0 Å². The SMILES string of the molecule is O.O.[O]=[Zr]. The van der Waals surface area contributed by atoms with Crippen molar-refractivity contribution >= 4 is 0 Å². The molecule has 0 saturated heterocycles. The van der Waals surface area contributed by atoms with Crippen molar-refractivity contribution in [1.82, 2.24) is 0 Å². The van der Waals surface area contributed by atoms with E-state index in [9.17, 15) is 0 Å². The molecule has 0 aromatic rings. The van der Waals surface area contributed by atoms with Gasteiger partial charge in [0.25, 0.3) is 0 Å². The third-order valence-corrected chi connectivity index (χ3v) is 0. The van der Waals surface area contributed by atoms with E-state index in [0.29, 0.717) is 24.7 Å². The summed E-state index contributed by atoms with van der Waals surface area (Å²) in [5.41, 5.74) is 0. The number of hydrogen-bond donors (Lipinski definition) is 0. The van der Waals surface area contributed by atoms with Gasteiger partial charge in [-0.3, -0.25) is 0 Å². The molecule has 0 atom stereocenters. The zero-order chi connectivity index (χ0) is 2.00. The Labute approximate surface area is 38.9 Å². The second kappa shape index (κ2) is 67.1. The Morgan fingerprint density at radius 1 is 1.00 bits per heavy atom. The van der Waals surface area contributed by atoms with Crippen LogP contribution in [-0.4, -0.2) is 11.0 Å². The van der Waals surface area contributed by atoms with E-state index in [1.807, 2.05) is 0 Å². The van der Waals surface area contributed by atoms with Crippen LogP contribution in [0.25, 0.3) is 0 Å². The summed E-state index contributed by atoms with van der Waals surface area (Å²) in [5.74, 6) is 0. The first-order valence-electron chi connectivity index (χ1n) is 0.204. The third-order valence-electron chi connectivity index (χ3n) is 0. The molecule has 0 amide bonds. The standard InChI is InChI=1S/2H2O.O.Zr/h2*1H2;;. The second-order valence-electron chi connectivity index (χ2n) is 0. The summed E-state index contributed by atoms with van der Waals surface area (Å²) >= 11 is 0.300. The van der Waals surface area contributed by atoms with Crippen LogP contribution in [0.1, 0.15) is 0 Å². The number of rotatable bonds is 0. The fraction of sp³-hybridized carbons (Fsp3) is 0. The minimum atomic E-state index is 0. The molecule has 0 unspecified atom stereocenters. The van der Waals surface area contributed by atoms with Crippen LogP contribution in [0.3, 0.4) is 0 Å². The van der Waals surface area contributed by atoms with Gasteiger partial charge >= 0.3 is 27.5 Å². The predicted molar refractivity (Wildman–Crippen MR) is 7.91 cm³/mol. The summed E-state index contributed by atoms with van der Waals surface area (Å²) in [6.45, 7) is 0. The first-order valence-corrected chi connectivity index (χ1v) is 1.21. The monoisotopic (exact) mass is 142 g/mol. The van der Waals surface area contributed by atoms with E-state index < -0.39 is 0 Å². The molecule has 0 aromatic heterocycles. The Kier molecular flexibility index (Phi) is 390. The van der Waals surface area contributed by atoms with E-state index in [0.717, 1.165) is 0 Å². The van der Waals surface area contributed by atoms with Gasteiger partial charge in [-0.25, -0.2) is 0 Å². The predicted octanol–water partition coefficient (Wildman–Crippen LogP) is -1.77. The van der Waals surface area contributed by atoms with Crippen LogP contribution in [0.15, 0.2) is 0 Å². The number of hydrogen-bond acceptors (Lipinski definition) is 1. The molecule has 0 radical (unpaired) electrons. The van der Waals surface area contributed by atoms with Gasteiger partial charge in [-0.15, -0.1) is 0 Å². The van der Waals surface area contributed by atoms with Crippen molar-refractivity contribution in [3.63, 3.8) is 0 Å². The fourth-order valence-corrected chi connectivity index (χ4v) is 0. The normalized spacial score (nSPS) is 0.750. The molecule has 3 nitrogen and oxygen atoms in total. The van der Waals surface area contributed by atoms with Gasteiger partial charge in [0.15, 0.2) is 0 Å². The molecule has 0 bridgehead atoms. The van der Waals surface area contributed by atoms with Crippen LogP contribution in [0.2, 0.25) is 0 Å². The van der Waals surface area contributed by atoms with E-state index in [1.165, 1.54) is 0 Å². The molecule has 0 fully saturated rings. The van der Waals surface area contributed by atoms with Gasteiger partial charge in [0.1, 0.15) is 0 Å². The second-order valence-corrected chi connectivity index (χ2v) is 0. The van der Waals surface area contributed by atoms with E-state index >= 15 is 0 Å². The maximum absolute atomic E-state index is 8.34. The van der Waals surface area contributed by atoms with Gasteiger partial charge < -0.3 is 11.0 Å². The topological polar surface area (TPSA) is 80.1 Å². The summed E-state index contributed by atoms with van der Waals surface area (Å²) in [5, 5.41) is 0. The van der Waals surface area contributed by atoms with Crippen molar-refractivity contribution in [2.75, 3.05) is 0 Å². The Bertz CT molecular complexity index is 3.25. The molecular weight excluding hydrogens is 139 g/mol. The first-order chi connectivity index (χ1) is 1.00. The molecular formula is H4O3Zr. The third kappa shape index (κ3) is 18.4. The molecule has 0 aromatic carbocycles. The Morgan fingerprint density at radius 2 is 1.00 bits per heavy atom. The Morgan fingerprint density at radius 3 is 1.00 bits per heavy atom. The Hall–Kier alpha value is 0.603. The minimum absolute atomic E-state index is 0. The Balaban J connectivity index is -0.00000000500. The molecule has 26 valence electrons. The molecule has 0 heterocycles. The molecule has 0 spiro atoms. The summed E-state index contributed by atoms with van der Waals surface area (Å²) in [6, 6.07) is 0. The van der Waals surface area contributed by atoms with Crippen LogP contribution in [0.4, 0.5) is 0 Å². The molecule has 4 heavy (non-hydrogen) atoms. The fourth-order valence-electron chi connectivity index (χ4n) is 0. The van der Waals surface area contributed by atoms with Gasteiger partial charge in [-0.2, -0.15) is 0 Å². The van der Waals surface area contributed by atoms with Crippen molar-refractivity contribution in [2.45, 2.75) is 0 Å². The summed E-state index contributed by atoms with van der Waals surface area (Å²) in [7, 11) is 0. The van der Waals surface area contributed by atoms with E-state index in [2.05, 4.69) is 0 Å². The molecule has 0 aliphatic carbocycles. The average molecular weight is 143 g/mol. The van der Waals surface area contributed by atoms with Gasteiger partial charge in [-0.05, 0) is 0 Å². The molecule has 0 saturated carbocycles. The molecule has 4 N–H and O–H groups in total. The van der Waals surface area contributed by atoms with Crippen molar-refractivity contribution in [3.05, 3.63) is 0 Å². The van der Waals surface area contributed by atoms with Gasteiger partial charge in [-0.1, -0.05) is 0 Å². The summed E-state index contributed by atoms with van der Waals surface area (Å²) < 4.78 is 8.34. The van der Waals surface area contributed by atoms with Crippen LogP contribution in [0, 0.1) is 0 Å². The van der Waals surface area contributed by atoms with Crippen molar-refractivity contribution in [1.29, 1.82) is 0 Å². The van der Waals surface area contributed by atoms with Crippen molar-refractivity contribution in [3.8, 4) is 0 Å². The van der Waals surface area contributed by atoms with Crippen LogP contribution in [-0.2, 0) is 27.5 Å². The van der Waals surface area contributed by atoms with E-state index in [1.54, 1.807) is 0 Å². The quantitative estimate of drug-likeness (QED) is 0.395. The van der Waals surface area contributed by atoms with E-state index in [4.69, 9.17) is 2.81 Å². The summed E-state index contributed by atoms with van der Waals surface area (Å²) in [4.78, 5) is 0. The maximum atomic E-state index is 8.34. The van der Waals surface area contributed by atoms with Crippen molar-refractivity contribution < 1.29 is 38.5 Å². The average Bonchev–Trinajstić information content (AvgIpc) is 1.00. The van der Waals surface area contributed by atoms with Gasteiger partial charge in [0.05, 0.1) is 0 Å². The van der Waals surface area contributed by atoms with Crippen LogP contribution < -0.4 is 0 Å². The molecule has 0 aliphatic rings. The van der Waals surface area contributed by atoms with Crippen molar-refractivity contribution in [2.24, 2.45) is 0 Å². The first kappa shape index (κ1) is 23.3.